The predicted octanol–water partition coefficient (Wildman–Crippen LogP) is 6.46. The van der Waals surface area contributed by atoms with Gasteiger partial charge < -0.3 is 15.4 Å². The maximum Gasteiger partial charge on any atom is 0.294 e. The molecule has 8 nitrogen and oxygen atoms in total. The molecule has 0 unspecified atom stereocenters. The molecule has 1 fully saturated rings. The number of halogens is 1. The van der Waals surface area contributed by atoms with Gasteiger partial charge in [0.25, 0.3) is 17.1 Å². The number of nitrogens with one attached hydrogen (secondary N) is 2. The Labute approximate surface area is 241 Å². The first-order chi connectivity index (χ1) is 19.1. The van der Waals surface area contributed by atoms with Crippen molar-refractivity contribution in [2.75, 3.05) is 23.8 Å². The Balaban J connectivity index is 1.32. The second-order valence-electron chi connectivity index (χ2n) is 9.42. The molecule has 206 valence electrons. The van der Waals surface area contributed by atoms with Crippen LogP contribution in [-0.2, 0) is 14.4 Å². The Morgan fingerprint density at radius 3 is 2.40 bits per heavy atom. The van der Waals surface area contributed by atoms with E-state index in [4.69, 9.17) is 16.3 Å². The summed E-state index contributed by atoms with van der Waals surface area (Å²) in [5, 5.41) is 5.50. The molecule has 2 N–H and O–H groups in total. The maximum absolute atomic E-state index is 12.8. The average molecular weight is 578 g/mol. The normalized spacial score (nSPS) is 14.1. The molecular weight excluding hydrogens is 550 g/mol. The van der Waals surface area contributed by atoms with Gasteiger partial charge in [0.15, 0.2) is 6.61 Å². The van der Waals surface area contributed by atoms with Crippen LogP contribution in [-0.4, -0.2) is 41.0 Å². The number of anilines is 2. The predicted molar refractivity (Wildman–Crippen MR) is 159 cm³/mol. The topological polar surface area (TPSA) is 105 Å². The maximum atomic E-state index is 12.8. The van der Waals surface area contributed by atoms with Crippen molar-refractivity contribution in [3.8, 4) is 5.75 Å². The van der Waals surface area contributed by atoms with Crippen molar-refractivity contribution in [3.05, 3.63) is 93.3 Å². The van der Waals surface area contributed by atoms with E-state index in [-0.39, 0.29) is 23.3 Å². The highest BCUT2D eigenvalue weighted by Gasteiger charge is 2.36. The number of hydrogen-bond donors (Lipinski definition) is 2. The van der Waals surface area contributed by atoms with Crippen molar-refractivity contribution in [2.24, 2.45) is 0 Å². The van der Waals surface area contributed by atoms with Gasteiger partial charge in [-0.1, -0.05) is 61.8 Å². The van der Waals surface area contributed by atoms with E-state index >= 15 is 0 Å². The molecule has 1 heterocycles. The van der Waals surface area contributed by atoms with E-state index < -0.39 is 23.6 Å². The molecule has 0 atom stereocenters. The summed E-state index contributed by atoms with van der Waals surface area (Å²) in [6.07, 6.45) is 1.57. The zero-order valence-electron chi connectivity index (χ0n) is 22.2. The lowest BCUT2D eigenvalue weighted by Gasteiger charge is -2.14. The van der Waals surface area contributed by atoms with Gasteiger partial charge in [0, 0.05) is 16.4 Å². The standard InChI is InChI=1S/C30H28ClN3O5S/c1-18(2)23-6-4-5-7-24(23)32-28(36)17-39-22-12-9-20(10-13-22)14-26-29(37)34(30(38)40-26)16-27(35)33-25-15-21(31)11-8-19(25)3/h4-15,18H,16-17H2,1-3H3,(H,32,36)(H,33,35)/b26-14+. The lowest BCUT2D eigenvalue weighted by molar-refractivity contribution is -0.127. The number of para-hydroxylation sites is 1. The third-order valence-electron chi connectivity index (χ3n) is 6.05. The van der Waals surface area contributed by atoms with Gasteiger partial charge in [-0.05, 0) is 77.7 Å². The first kappa shape index (κ1) is 28.9. The van der Waals surface area contributed by atoms with Gasteiger partial charge in [0.2, 0.25) is 5.91 Å². The van der Waals surface area contributed by atoms with Crippen LogP contribution in [0.3, 0.4) is 0 Å². The summed E-state index contributed by atoms with van der Waals surface area (Å²) in [7, 11) is 0. The molecule has 0 spiro atoms. The number of hydrogen-bond acceptors (Lipinski definition) is 6. The molecule has 0 radical (unpaired) electrons. The zero-order valence-corrected chi connectivity index (χ0v) is 23.8. The molecule has 3 aromatic rings. The van der Waals surface area contributed by atoms with Gasteiger partial charge in [0.1, 0.15) is 12.3 Å². The van der Waals surface area contributed by atoms with Crippen LogP contribution in [0.25, 0.3) is 6.08 Å². The Hall–Kier alpha value is -4.08. The van der Waals surface area contributed by atoms with E-state index in [0.717, 1.165) is 33.5 Å². The second-order valence-corrected chi connectivity index (χ2v) is 10.9. The van der Waals surface area contributed by atoms with Gasteiger partial charge in [-0.3, -0.25) is 24.1 Å². The van der Waals surface area contributed by atoms with E-state index in [1.165, 1.54) is 0 Å². The molecule has 0 bridgehead atoms. The molecule has 0 aliphatic carbocycles. The van der Waals surface area contributed by atoms with E-state index in [2.05, 4.69) is 24.5 Å². The largest absolute Gasteiger partial charge is 0.484 e. The molecule has 3 aromatic carbocycles. The minimum atomic E-state index is -0.549. The summed E-state index contributed by atoms with van der Waals surface area (Å²) in [4.78, 5) is 51.3. The summed E-state index contributed by atoms with van der Waals surface area (Å²) in [5.41, 5.74) is 3.78. The molecule has 4 rings (SSSR count). The Bertz CT molecular complexity index is 1490. The highest BCUT2D eigenvalue weighted by molar-refractivity contribution is 8.18. The number of amides is 4. The SMILES string of the molecule is Cc1ccc(Cl)cc1NC(=O)CN1C(=O)S/C(=C/c2ccc(OCC(=O)Nc3ccccc3C(C)C)cc2)C1=O. The van der Waals surface area contributed by atoms with Crippen molar-refractivity contribution >= 4 is 63.8 Å². The molecule has 1 saturated heterocycles. The fourth-order valence-corrected chi connectivity index (χ4v) is 4.97. The number of rotatable bonds is 9. The summed E-state index contributed by atoms with van der Waals surface area (Å²) < 4.78 is 5.61. The van der Waals surface area contributed by atoms with Crippen molar-refractivity contribution in [1.82, 2.24) is 4.90 Å². The molecule has 1 aliphatic heterocycles. The Morgan fingerprint density at radius 1 is 0.975 bits per heavy atom. The summed E-state index contributed by atoms with van der Waals surface area (Å²) in [6, 6.07) is 19.5. The van der Waals surface area contributed by atoms with Crippen LogP contribution < -0.4 is 15.4 Å². The lowest BCUT2D eigenvalue weighted by atomic mass is 10.0. The van der Waals surface area contributed by atoms with Crippen LogP contribution in [0.2, 0.25) is 5.02 Å². The third kappa shape index (κ3) is 7.31. The number of imide groups is 1. The van der Waals surface area contributed by atoms with Crippen LogP contribution in [0.5, 0.6) is 5.75 Å². The van der Waals surface area contributed by atoms with Crippen molar-refractivity contribution in [1.29, 1.82) is 0 Å². The molecular formula is C30H28ClN3O5S. The number of aryl methyl sites for hydroxylation is 1. The number of ether oxygens (including phenoxy) is 1. The monoisotopic (exact) mass is 577 g/mol. The van der Waals surface area contributed by atoms with Crippen molar-refractivity contribution in [3.63, 3.8) is 0 Å². The molecule has 40 heavy (non-hydrogen) atoms. The van der Waals surface area contributed by atoms with Crippen LogP contribution in [0, 0.1) is 6.92 Å². The number of carbonyl (C=O) groups excluding carboxylic acids is 4. The highest BCUT2D eigenvalue weighted by atomic mass is 35.5. The van der Waals surface area contributed by atoms with Crippen LogP contribution in [0.4, 0.5) is 16.2 Å². The quantitative estimate of drug-likeness (QED) is 0.283. The molecule has 1 aliphatic rings. The molecule has 0 aromatic heterocycles. The van der Waals surface area contributed by atoms with E-state index in [9.17, 15) is 19.2 Å². The summed E-state index contributed by atoms with van der Waals surface area (Å²) >= 11 is 6.76. The molecule has 0 saturated carbocycles. The van der Waals surface area contributed by atoms with Crippen molar-refractivity contribution in [2.45, 2.75) is 26.7 Å². The molecule has 10 heteroatoms. The second kappa shape index (κ2) is 12.8. The molecule has 4 amide bonds. The van der Waals surface area contributed by atoms with Crippen LogP contribution in [0.15, 0.2) is 71.6 Å². The van der Waals surface area contributed by atoms with E-state index in [0.29, 0.717) is 22.0 Å². The Morgan fingerprint density at radius 2 is 1.68 bits per heavy atom. The lowest BCUT2D eigenvalue weighted by Crippen LogP contribution is -2.36. The smallest absolute Gasteiger partial charge is 0.294 e. The van der Waals surface area contributed by atoms with Gasteiger partial charge in [-0.25, -0.2) is 0 Å². The number of carbonyl (C=O) groups is 4. The zero-order chi connectivity index (χ0) is 28.8. The first-order valence-corrected chi connectivity index (χ1v) is 13.7. The van der Waals surface area contributed by atoms with Crippen LogP contribution >= 0.6 is 23.4 Å². The first-order valence-electron chi connectivity index (χ1n) is 12.5. The number of nitrogens with zero attached hydrogens (tertiary/aromatic N) is 1. The van der Waals surface area contributed by atoms with Crippen molar-refractivity contribution < 1.29 is 23.9 Å². The fraction of sp³-hybridized carbons (Fsp3) is 0.200. The fourth-order valence-electron chi connectivity index (χ4n) is 3.96. The number of benzene rings is 3. The van der Waals surface area contributed by atoms with Gasteiger partial charge in [0.05, 0.1) is 4.91 Å². The average Bonchev–Trinajstić information content (AvgIpc) is 3.17. The van der Waals surface area contributed by atoms with E-state index in [1.807, 2.05) is 31.2 Å². The minimum Gasteiger partial charge on any atom is -0.484 e. The summed E-state index contributed by atoms with van der Waals surface area (Å²) in [5.74, 6) is -0.591. The van der Waals surface area contributed by atoms with Crippen LogP contribution in [0.1, 0.15) is 36.5 Å². The van der Waals surface area contributed by atoms with E-state index in [1.54, 1.807) is 48.5 Å². The third-order valence-corrected chi connectivity index (χ3v) is 7.20. The summed E-state index contributed by atoms with van der Waals surface area (Å²) in [6.45, 7) is 5.35. The van der Waals surface area contributed by atoms with Gasteiger partial charge in [-0.15, -0.1) is 0 Å². The number of thioether (sulfide) groups is 1. The Kier molecular flexibility index (Phi) is 9.29. The van der Waals surface area contributed by atoms with Gasteiger partial charge >= 0.3 is 0 Å². The highest BCUT2D eigenvalue weighted by Crippen LogP contribution is 2.32. The van der Waals surface area contributed by atoms with Gasteiger partial charge in [-0.2, -0.15) is 0 Å². The minimum absolute atomic E-state index is 0.165.